The third-order valence-electron chi connectivity index (χ3n) is 5.42. The van der Waals surface area contributed by atoms with Gasteiger partial charge in [0.1, 0.15) is 0 Å². The number of hydrogen-bond donors (Lipinski definition) is 2. The highest BCUT2D eigenvalue weighted by molar-refractivity contribution is 5.91. The zero-order valence-electron chi connectivity index (χ0n) is 14.4. The molecule has 25 heavy (non-hydrogen) atoms. The third-order valence-corrected chi connectivity index (χ3v) is 5.42. The summed E-state index contributed by atoms with van der Waals surface area (Å²) in [6.45, 7) is 0.528. The third kappa shape index (κ3) is 3.85. The van der Waals surface area contributed by atoms with Gasteiger partial charge in [0.15, 0.2) is 0 Å². The summed E-state index contributed by atoms with van der Waals surface area (Å²) in [6, 6.07) is 19.4. The van der Waals surface area contributed by atoms with E-state index in [1.54, 1.807) is 0 Å². The van der Waals surface area contributed by atoms with Crippen LogP contribution in [-0.2, 0) is 4.74 Å². The summed E-state index contributed by atoms with van der Waals surface area (Å²) < 4.78 is 5.54. The molecule has 1 amide bonds. The molecular formula is C21H25N2O2+. The summed E-state index contributed by atoms with van der Waals surface area (Å²) in [5.74, 6) is 0.512. The van der Waals surface area contributed by atoms with Crippen molar-refractivity contribution in [2.75, 3.05) is 11.9 Å². The number of amides is 1. The van der Waals surface area contributed by atoms with Crippen molar-refractivity contribution in [3.05, 3.63) is 54.6 Å². The van der Waals surface area contributed by atoms with E-state index in [1.165, 1.54) is 25.7 Å². The van der Waals surface area contributed by atoms with Gasteiger partial charge in [0.25, 0.3) is 0 Å². The van der Waals surface area contributed by atoms with Crippen LogP contribution in [-0.4, -0.2) is 24.8 Å². The molecule has 2 heterocycles. The van der Waals surface area contributed by atoms with Gasteiger partial charge in [0.05, 0.1) is 24.4 Å². The molecule has 2 bridgehead atoms. The maximum atomic E-state index is 12.3. The molecule has 3 N–H and O–H groups in total. The molecular weight excluding hydrogens is 312 g/mol. The standard InChI is InChI=1S/C21H24N2O2/c24-21(25-14-15-12-17-10-11-18(13-15)22-17)23-20-9-5-4-8-19(20)16-6-2-1-3-7-16/h1-9,15,17-18,22H,10-14H2,(H,23,24)/p+1. The monoisotopic (exact) mass is 337 g/mol. The smallest absolute Gasteiger partial charge is 0.411 e. The first-order chi connectivity index (χ1) is 12.3. The van der Waals surface area contributed by atoms with Gasteiger partial charge < -0.3 is 10.1 Å². The van der Waals surface area contributed by atoms with Crippen molar-refractivity contribution in [1.82, 2.24) is 0 Å². The molecule has 2 atom stereocenters. The number of para-hydroxylation sites is 1. The number of carbonyl (C=O) groups excluding carboxylic acids is 1. The number of carbonyl (C=O) groups is 1. The number of ether oxygens (including phenoxy) is 1. The van der Waals surface area contributed by atoms with Crippen LogP contribution in [0, 0.1) is 5.92 Å². The van der Waals surface area contributed by atoms with Crippen molar-refractivity contribution in [3.63, 3.8) is 0 Å². The molecule has 0 radical (unpaired) electrons. The molecule has 2 aromatic rings. The van der Waals surface area contributed by atoms with Gasteiger partial charge in [-0.1, -0.05) is 48.5 Å². The molecule has 130 valence electrons. The van der Waals surface area contributed by atoms with Gasteiger partial charge in [0, 0.05) is 37.2 Å². The first kappa shape index (κ1) is 16.2. The number of piperidine rings is 1. The highest BCUT2D eigenvalue weighted by Crippen LogP contribution is 2.28. The number of fused-ring (bicyclic) bond motifs is 2. The minimum absolute atomic E-state index is 0.356. The topological polar surface area (TPSA) is 54.9 Å². The van der Waals surface area contributed by atoms with E-state index in [0.29, 0.717) is 12.5 Å². The lowest BCUT2D eigenvalue weighted by Crippen LogP contribution is -2.93. The lowest BCUT2D eigenvalue weighted by Gasteiger charge is -2.25. The quantitative estimate of drug-likeness (QED) is 0.898. The fourth-order valence-corrected chi connectivity index (χ4v) is 4.29. The van der Waals surface area contributed by atoms with Crippen molar-refractivity contribution in [2.45, 2.75) is 37.8 Å². The summed E-state index contributed by atoms with van der Waals surface area (Å²) >= 11 is 0. The fourth-order valence-electron chi connectivity index (χ4n) is 4.29. The van der Waals surface area contributed by atoms with E-state index in [1.807, 2.05) is 54.6 Å². The molecule has 0 aliphatic carbocycles. The van der Waals surface area contributed by atoms with Crippen LogP contribution in [0.15, 0.2) is 54.6 Å². The van der Waals surface area contributed by atoms with E-state index < -0.39 is 0 Å². The second-order valence-electron chi connectivity index (χ2n) is 7.26. The number of anilines is 1. The van der Waals surface area contributed by atoms with Gasteiger partial charge >= 0.3 is 6.09 Å². The Morgan fingerprint density at radius 1 is 1.00 bits per heavy atom. The van der Waals surface area contributed by atoms with Crippen LogP contribution in [0.2, 0.25) is 0 Å². The maximum Gasteiger partial charge on any atom is 0.411 e. The van der Waals surface area contributed by atoms with Gasteiger partial charge in [-0.25, -0.2) is 4.79 Å². The molecule has 4 rings (SSSR count). The minimum atomic E-state index is -0.356. The Labute approximate surface area is 148 Å². The second-order valence-corrected chi connectivity index (χ2v) is 7.26. The summed E-state index contributed by atoms with van der Waals surface area (Å²) in [6.07, 6.45) is 4.62. The predicted molar refractivity (Wildman–Crippen MR) is 98.3 cm³/mol. The second kappa shape index (κ2) is 7.28. The molecule has 2 aliphatic rings. The maximum absolute atomic E-state index is 12.3. The number of nitrogens with one attached hydrogen (secondary N) is 1. The number of quaternary nitrogens is 1. The van der Waals surface area contributed by atoms with Crippen molar-refractivity contribution in [3.8, 4) is 11.1 Å². The van der Waals surface area contributed by atoms with Gasteiger partial charge in [0.2, 0.25) is 0 Å². The SMILES string of the molecule is O=C(Nc1ccccc1-c1ccccc1)OCC1CC2CCC(C1)[NH2+]2. The first-order valence-corrected chi connectivity index (χ1v) is 9.21. The Balaban J connectivity index is 1.37. The molecule has 0 aromatic heterocycles. The highest BCUT2D eigenvalue weighted by atomic mass is 16.5. The summed E-state index contributed by atoms with van der Waals surface area (Å²) in [5.41, 5.74) is 2.87. The Bertz CT molecular complexity index is 720. The van der Waals surface area contributed by atoms with Crippen LogP contribution in [0.1, 0.15) is 25.7 Å². The summed E-state index contributed by atoms with van der Waals surface area (Å²) in [4.78, 5) is 12.3. The van der Waals surface area contributed by atoms with Crippen LogP contribution in [0.4, 0.5) is 10.5 Å². The normalized spacial score (nSPS) is 24.7. The van der Waals surface area contributed by atoms with Gasteiger partial charge in [-0.2, -0.15) is 0 Å². The Kier molecular flexibility index (Phi) is 4.70. The van der Waals surface area contributed by atoms with Crippen LogP contribution < -0.4 is 10.6 Å². The summed E-state index contributed by atoms with van der Waals surface area (Å²) in [5, 5.41) is 5.42. The first-order valence-electron chi connectivity index (χ1n) is 9.21. The molecule has 4 heteroatoms. The van der Waals surface area contributed by atoms with Gasteiger partial charge in [-0.15, -0.1) is 0 Å². The van der Waals surface area contributed by atoms with Crippen LogP contribution in [0.25, 0.3) is 11.1 Å². The summed E-state index contributed by atoms with van der Waals surface area (Å²) in [7, 11) is 0. The van der Waals surface area contributed by atoms with E-state index >= 15 is 0 Å². The Morgan fingerprint density at radius 2 is 1.68 bits per heavy atom. The van der Waals surface area contributed by atoms with E-state index in [0.717, 1.165) is 28.9 Å². The molecule has 0 saturated carbocycles. The molecule has 2 aromatic carbocycles. The zero-order valence-corrected chi connectivity index (χ0v) is 14.4. The number of hydrogen-bond acceptors (Lipinski definition) is 2. The lowest BCUT2D eigenvalue weighted by molar-refractivity contribution is -0.712. The van der Waals surface area contributed by atoms with Crippen LogP contribution in [0.5, 0.6) is 0 Å². The largest absolute Gasteiger partial charge is 0.449 e. The van der Waals surface area contributed by atoms with Crippen LogP contribution in [0.3, 0.4) is 0 Å². The van der Waals surface area contributed by atoms with Gasteiger partial charge in [-0.05, 0) is 11.6 Å². The molecule has 2 aliphatic heterocycles. The number of benzene rings is 2. The van der Waals surface area contributed by atoms with Crippen molar-refractivity contribution >= 4 is 11.8 Å². The number of nitrogens with two attached hydrogens (primary N) is 1. The lowest BCUT2D eigenvalue weighted by atomic mass is 9.93. The van der Waals surface area contributed by atoms with Crippen molar-refractivity contribution in [2.24, 2.45) is 5.92 Å². The van der Waals surface area contributed by atoms with E-state index in [4.69, 9.17) is 4.74 Å². The van der Waals surface area contributed by atoms with E-state index in [9.17, 15) is 4.79 Å². The molecule has 4 nitrogen and oxygen atoms in total. The average molecular weight is 337 g/mol. The molecule has 2 saturated heterocycles. The van der Waals surface area contributed by atoms with Crippen molar-refractivity contribution in [1.29, 1.82) is 0 Å². The molecule has 2 unspecified atom stereocenters. The minimum Gasteiger partial charge on any atom is -0.449 e. The van der Waals surface area contributed by atoms with E-state index in [2.05, 4.69) is 10.6 Å². The predicted octanol–water partition coefficient (Wildman–Crippen LogP) is 3.41. The highest BCUT2D eigenvalue weighted by Gasteiger charge is 2.37. The number of rotatable bonds is 4. The van der Waals surface area contributed by atoms with E-state index in [-0.39, 0.29) is 6.09 Å². The molecule has 0 spiro atoms. The fraction of sp³-hybridized carbons (Fsp3) is 0.381. The Hall–Kier alpha value is -2.33. The molecule has 2 fully saturated rings. The zero-order chi connectivity index (χ0) is 17.1. The van der Waals surface area contributed by atoms with Crippen LogP contribution >= 0.6 is 0 Å². The van der Waals surface area contributed by atoms with Crippen molar-refractivity contribution < 1.29 is 14.8 Å². The van der Waals surface area contributed by atoms with Gasteiger partial charge in [-0.3, -0.25) is 5.32 Å². The average Bonchev–Trinajstić information content (AvgIpc) is 2.99. The Morgan fingerprint density at radius 3 is 2.44 bits per heavy atom.